The number of esters is 1. The molecule has 1 rings (SSSR count). The first-order valence-corrected chi connectivity index (χ1v) is 9.58. The summed E-state index contributed by atoms with van der Waals surface area (Å²) in [4.78, 5) is 34.4. The molecule has 0 amide bonds. The number of ketones is 1. The second kappa shape index (κ2) is 12.0. The van der Waals surface area contributed by atoms with Crippen molar-refractivity contribution in [2.45, 2.75) is 70.8 Å². The van der Waals surface area contributed by atoms with Crippen LogP contribution in [0.3, 0.4) is 0 Å². The van der Waals surface area contributed by atoms with E-state index in [2.05, 4.69) is 13.0 Å². The van der Waals surface area contributed by atoms with Gasteiger partial charge in [-0.1, -0.05) is 50.1 Å². The van der Waals surface area contributed by atoms with Crippen molar-refractivity contribution in [2.24, 2.45) is 0 Å². The third kappa shape index (κ3) is 8.20. The maximum absolute atomic E-state index is 12.3. The van der Waals surface area contributed by atoms with Crippen LogP contribution in [0.5, 0.6) is 0 Å². The van der Waals surface area contributed by atoms with Crippen molar-refractivity contribution >= 4 is 17.7 Å². The molecule has 27 heavy (non-hydrogen) atoms. The molecule has 1 aliphatic carbocycles. The number of carboxylic acids is 1. The second-order valence-electron chi connectivity index (χ2n) is 6.65. The van der Waals surface area contributed by atoms with Gasteiger partial charge in [-0.2, -0.15) is 0 Å². The summed E-state index contributed by atoms with van der Waals surface area (Å²) < 4.78 is 5.54. The van der Waals surface area contributed by atoms with Gasteiger partial charge in [0.2, 0.25) is 0 Å². The van der Waals surface area contributed by atoms with E-state index in [-0.39, 0.29) is 12.2 Å². The van der Waals surface area contributed by atoms with E-state index in [1.807, 2.05) is 12.2 Å². The molecule has 0 unspecified atom stereocenters. The Labute approximate surface area is 161 Å². The molecule has 0 aliphatic heterocycles. The Hall–Kier alpha value is -2.43. The van der Waals surface area contributed by atoms with E-state index in [0.29, 0.717) is 24.8 Å². The van der Waals surface area contributed by atoms with Gasteiger partial charge >= 0.3 is 11.9 Å². The topological polar surface area (TPSA) is 80.7 Å². The van der Waals surface area contributed by atoms with Crippen LogP contribution in [0, 0.1) is 0 Å². The van der Waals surface area contributed by atoms with E-state index in [1.54, 1.807) is 18.2 Å². The molecule has 1 aliphatic rings. The number of carbonyl (C=O) groups is 3. The summed E-state index contributed by atoms with van der Waals surface area (Å²) in [7, 11) is 0. The van der Waals surface area contributed by atoms with Gasteiger partial charge in [0.25, 0.3) is 0 Å². The van der Waals surface area contributed by atoms with Crippen molar-refractivity contribution in [2.75, 3.05) is 0 Å². The highest BCUT2D eigenvalue weighted by molar-refractivity contribution is 6.09. The summed E-state index contributed by atoms with van der Waals surface area (Å²) in [5.41, 5.74) is -0.638. The molecular weight excluding hydrogens is 344 g/mol. The largest absolute Gasteiger partial charge is 0.481 e. The molecule has 1 atom stereocenters. The Bertz CT molecular complexity index is 639. The minimum Gasteiger partial charge on any atom is -0.481 e. The van der Waals surface area contributed by atoms with Gasteiger partial charge in [0.05, 0.1) is 0 Å². The van der Waals surface area contributed by atoms with Crippen molar-refractivity contribution in [3.8, 4) is 0 Å². The van der Waals surface area contributed by atoms with E-state index in [9.17, 15) is 14.4 Å². The van der Waals surface area contributed by atoms with Crippen LogP contribution in [0.2, 0.25) is 0 Å². The van der Waals surface area contributed by atoms with E-state index >= 15 is 0 Å². The highest BCUT2D eigenvalue weighted by Crippen LogP contribution is 2.34. The number of hydrogen-bond donors (Lipinski definition) is 1. The van der Waals surface area contributed by atoms with Gasteiger partial charge in [0.1, 0.15) is 0 Å². The number of ether oxygens (including phenoxy) is 1. The minimum atomic E-state index is -1.06. The highest BCUT2D eigenvalue weighted by Gasteiger charge is 2.41. The molecule has 0 saturated heterocycles. The van der Waals surface area contributed by atoms with E-state index in [0.717, 1.165) is 19.3 Å². The molecular formula is C22H30O5. The van der Waals surface area contributed by atoms with Gasteiger partial charge in [0.15, 0.2) is 11.4 Å². The average molecular weight is 374 g/mol. The molecule has 0 aromatic rings. The third-order valence-electron chi connectivity index (χ3n) is 4.27. The number of hydrogen-bond acceptors (Lipinski definition) is 4. The van der Waals surface area contributed by atoms with Crippen molar-refractivity contribution in [1.82, 2.24) is 0 Å². The Morgan fingerprint density at radius 3 is 2.56 bits per heavy atom. The lowest BCUT2D eigenvalue weighted by atomic mass is 9.91. The molecule has 0 heterocycles. The molecule has 0 aromatic heterocycles. The smallest absolute Gasteiger partial charge is 0.303 e. The first kappa shape index (κ1) is 22.6. The lowest BCUT2D eigenvalue weighted by Crippen LogP contribution is -2.33. The van der Waals surface area contributed by atoms with E-state index < -0.39 is 17.5 Å². The lowest BCUT2D eigenvalue weighted by Gasteiger charge is -2.27. The molecule has 0 radical (unpaired) electrons. The summed E-state index contributed by atoms with van der Waals surface area (Å²) in [6.45, 7) is 3.49. The van der Waals surface area contributed by atoms with Crippen LogP contribution in [-0.2, 0) is 19.1 Å². The molecule has 0 saturated carbocycles. The van der Waals surface area contributed by atoms with Gasteiger partial charge < -0.3 is 9.84 Å². The third-order valence-corrected chi connectivity index (χ3v) is 4.27. The molecule has 0 aromatic carbocycles. The lowest BCUT2D eigenvalue weighted by molar-refractivity contribution is -0.149. The van der Waals surface area contributed by atoms with Gasteiger partial charge in [0, 0.05) is 25.3 Å². The van der Waals surface area contributed by atoms with Crippen LogP contribution in [0.4, 0.5) is 0 Å². The molecule has 5 heteroatoms. The average Bonchev–Trinajstić information content (AvgIpc) is 2.89. The van der Waals surface area contributed by atoms with Crippen LogP contribution in [0.25, 0.3) is 0 Å². The number of carbonyl (C=O) groups excluding carboxylic acids is 2. The fourth-order valence-corrected chi connectivity index (χ4v) is 2.91. The van der Waals surface area contributed by atoms with Crippen molar-refractivity contribution in [1.29, 1.82) is 0 Å². The first-order valence-electron chi connectivity index (χ1n) is 9.58. The second-order valence-corrected chi connectivity index (χ2v) is 6.65. The van der Waals surface area contributed by atoms with Crippen LogP contribution in [0.1, 0.15) is 65.2 Å². The van der Waals surface area contributed by atoms with Gasteiger partial charge in [-0.15, -0.1) is 0 Å². The van der Waals surface area contributed by atoms with E-state index in [1.165, 1.54) is 19.4 Å². The standard InChI is InChI=1S/C22H30O5/c1-3-4-5-6-9-12-16-22(27-18(2)23)17-15-20(24)19(22)13-10-7-8-11-14-21(25)26/h7,9-10,12-13,15,17H,3-6,8,11,14,16H2,1-2H3,(H,25,26)/b10-7+,12-9-,19-13?/t22-/m0/s1. The van der Waals surface area contributed by atoms with E-state index in [4.69, 9.17) is 9.84 Å². The summed E-state index contributed by atoms with van der Waals surface area (Å²) in [6.07, 6.45) is 18.4. The van der Waals surface area contributed by atoms with Crippen LogP contribution in [-0.4, -0.2) is 28.4 Å². The molecule has 0 bridgehead atoms. The summed E-state index contributed by atoms with van der Waals surface area (Å²) in [5.74, 6) is -1.44. The predicted molar refractivity (Wildman–Crippen MR) is 105 cm³/mol. The fourth-order valence-electron chi connectivity index (χ4n) is 2.91. The number of unbranched alkanes of at least 4 members (excludes halogenated alkanes) is 4. The molecule has 0 fully saturated rings. The SMILES string of the molecule is CCCCC/C=C\C[C@]1(OC(C)=O)C=CC(=O)C1=C/C=C/CCCC(=O)O. The first-order chi connectivity index (χ1) is 12.9. The Kier molecular flexibility index (Phi) is 10.1. The zero-order valence-corrected chi connectivity index (χ0v) is 16.3. The van der Waals surface area contributed by atoms with Crippen LogP contribution < -0.4 is 0 Å². The molecule has 1 N–H and O–H groups in total. The number of aliphatic carboxylic acids is 1. The van der Waals surface area contributed by atoms with Gasteiger partial charge in [-0.3, -0.25) is 14.4 Å². The predicted octanol–water partition coefficient (Wildman–Crippen LogP) is 4.69. The van der Waals surface area contributed by atoms with Crippen molar-refractivity contribution < 1.29 is 24.2 Å². The van der Waals surface area contributed by atoms with Crippen LogP contribution >= 0.6 is 0 Å². The maximum atomic E-state index is 12.3. The summed E-state index contributed by atoms with van der Waals surface area (Å²) >= 11 is 0. The zero-order chi connectivity index (χ0) is 20.1. The monoisotopic (exact) mass is 374 g/mol. The normalized spacial score (nSPS) is 21.0. The van der Waals surface area contributed by atoms with Gasteiger partial charge in [-0.05, 0) is 37.8 Å². The minimum absolute atomic E-state index is 0.113. The quantitative estimate of drug-likeness (QED) is 0.232. The molecule has 5 nitrogen and oxygen atoms in total. The van der Waals surface area contributed by atoms with Crippen molar-refractivity contribution in [3.05, 3.63) is 48.1 Å². The zero-order valence-electron chi connectivity index (χ0n) is 16.3. The Morgan fingerprint density at radius 1 is 1.15 bits per heavy atom. The Balaban J connectivity index is 2.82. The molecule has 148 valence electrons. The fraction of sp³-hybridized carbons (Fsp3) is 0.500. The molecule has 0 spiro atoms. The van der Waals surface area contributed by atoms with Crippen molar-refractivity contribution in [3.63, 3.8) is 0 Å². The number of allylic oxidation sites excluding steroid dienone is 5. The van der Waals surface area contributed by atoms with Crippen LogP contribution in [0.15, 0.2) is 48.1 Å². The highest BCUT2D eigenvalue weighted by atomic mass is 16.6. The maximum Gasteiger partial charge on any atom is 0.303 e. The van der Waals surface area contributed by atoms with Gasteiger partial charge in [-0.25, -0.2) is 0 Å². The summed E-state index contributed by atoms with van der Waals surface area (Å²) in [5, 5.41) is 8.64. The number of rotatable bonds is 12. The summed E-state index contributed by atoms with van der Waals surface area (Å²) in [6, 6.07) is 0. The number of carboxylic acid groups (broad SMARTS) is 1. The Morgan fingerprint density at radius 2 is 1.89 bits per heavy atom.